The van der Waals surface area contributed by atoms with Gasteiger partial charge in [-0.3, -0.25) is 0 Å². The van der Waals surface area contributed by atoms with E-state index in [1.165, 1.54) is 5.56 Å². The summed E-state index contributed by atoms with van der Waals surface area (Å²) in [4.78, 5) is 0. The van der Waals surface area contributed by atoms with E-state index in [-0.39, 0.29) is 17.0 Å². The summed E-state index contributed by atoms with van der Waals surface area (Å²) in [6.07, 6.45) is 4.81. The minimum atomic E-state index is -3.01. The van der Waals surface area contributed by atoms with Gasteiger partial charge in [-0.1, -0.05) is 51.0 Å². The van der Waals surface area contributed by atoms with Crippen LogP contribution in [0.15, 0.2) is 24.3 Å². The standard InChI is InChI=1S/C17H27NO2S/c1-3-14-9-11-15(12-10-14)17(18-4-2)13-21(19,20)16-7-5-6-8-16/h9-12,16-18H,3-8,13H2,1-2H3. The normalized spacial score (nSPS) is 18.0. The Labute approximate surface area is 129 Å². The lowest BCUT2D eigenvalue weighted by Gasteiger charge is -2.21. The number of benzene rings is 1. The lowest BCUT2D eigenvalue weighted by molar-refractivity contribution is 0.548. The van der Waals surface area contributed by atoms with E-state index >= 15 is 0 Å². The quantitative estimate of drug-likeness (QED) is 0.841. The Morgan fingerprint density at radius 2 is 1.76 bits per heavy atom. The van der Waals surface area contributed by atoms with Gasteiger partial charge in [-0.15, -0.1) is 0 Å². The largest absolute Gasteiger partial charge is 0.309 e. The van der Waals surface area contributed by atoms with Gasteiger partial charge in [-0.05, 0) is 36.9 Å². The van der Waals surface area contributed by atoms with Gasteiger partial charge in [0, 0.05) is 6.04 Å². The zero-order valence-electron chi connectivity index (χ0n) is 13.1. The summed E-state index contributed by atoms with van der Waals surface area (Å²) in [5.41, 5.74) is 2.36. The first kappa shape index (κ1) is 16.5. The molecule has 1 atom stereocenters. The van der Waals surface area contributed by atoms with Crippen LogP contribution in [0.4, 0.5) is 0 Å². The van der Waals surface area contributed by atoms with Crippen molar-refractivity contribution >= 4 is 9.84 Å². The number of rotatable bonds is 7. The van der Waals surface area contributed by atoms with Crippen molar-refractivity contribution in [3.8, 4) is 0 Å². The molecule has 1 aromatic rings. The smallest absolute Gasteiger partial charge is 0.155 e. The molecule has 1 aliphatic carbocycles. The number of aryl methyl sites for hydroxylation is 1. The van der Waals surface area contributed by atoms with Crippen molar-refractivity contribution in [1.29, 1.82) is 0 Å². The molecule has 0 amide bonds. The summed E-state index contributed by atoms with van der Waals surface area (Å²) in [7, 11) is -3.01. The molecule has 0 saturated heterocycles. The third kappa shape index (κ3) is 4.30. The molecule has 0 spiro atoms. The summed E-state index contributed by atoms with van der Waals surface area (Å²) in [6, 6.07) is 8.24. The van der Waals surface area contributed by atoms with Crippen LogP contribution in [-0.4, -0.2) is 26.0 Å². The molecule has 1 fully saturated rings. The highest BCUT2D eigenvalue weighted by atomic mass is 32.2. The Morgan fingerprint density at radius 1 is 1.14 bits per heavy atom. The van der Waals surface area contributed by atoms with E-state index in [0.29, 0.717) is 0 Å². The number of hydrogen-bond acceptors (Lipinski definition) is 3. The number of sulfone groups is 1. The molecule has 3 nitrogen and oxygen atoms in total. The summed E-state index contributed by atoms with van der Waals surface area (Å²) in [6.45, 7) is 4.93. The second-order valence-electron chi connectivity index (χ2n) is 5.94. The Kier molecular flexibility index (Phi) is 5.82. The highest BCUT2D eigenvalue weighted by molar-refractivity contribution is 7.92. The SMILES string of the molecule is CCNC(CS(=O)(=O)C1CCCC1)c1ccc(CC)cc1. The maximum absolute atomic E-state index is 12.6. The molecule has 1 saturated carbocycles. The van der Waals surface area contributed by atoms with E-state index in [1.807, 2.05) is 6.92 Å². The van der Waals surface area contributed by atoms with E-state index in [2.05, 4.69) is 36.5 Å². The molecule has 0 aromatic heterocycles. The Hall–Kier alpha value is -0.870. The Bertz CT molecular complexity index is 530. The number of hydrogen-bond donors (Lipinski definition) is 1. The van der Waals surface area contributed by atoms with E-state index < -0.39 is 9.84 Å². The van der Waals surface area contributed by atoms with Crippen molar-refractivity contribution in [2.45, 2.75) is 57.2 Å². The fourth-order valence-corrected chi connectivity index (χ4v) is 5.22. The lowest BCUT2D eigenvalue weighted by atomic mass is 10.0. The molecule has 21 heavy (non-hydrogen) atoms. The van der Waals surface area contributed by atoms with Gasteiger partial charge in [0.05, 0.1) is 11.0 Å². The third-order valence-corrected chi connectivity index (χ3v) is 6.73. The average molecular weight is 309 g/mol. The van der Waals surface area contributed by atoms with E-state index in [0.717, 1.165) is 44.2 Å². The average Bonchev–Trinajstić information content (AvgIpc) is 3.02. The molecule has 118 valence electrons. The maximum atomic E-state index is 12.6. The molecule has 4 heteroatoms. The van der Waals surface area contributed by atoms with Gasteiger partial charge in [0.1, 0.15) is 0 Å². The first-order valence-corrected chi connectivity index (χ1v) is 9.82. The second-order valence-corrected chi connectivity index (χ2v) is 8.27. The van der Waals surface area contributed by atoms with Crippen LogP contribution < -0.4 is 5.32 Å². The van der Waals surface area contributed by atoms with Gasteiger partial charge in [-0.25, -0.2) is 8.42 Å². The van der Waals surface area contributed by atoms with Crippen molar-refractivity contribution in [3.05, 3.63) is 35.4 Å². The van der Waals surface area contributed by atoms with Crippen molar-refractivity contribution in [1.82, 2.24) is 5.32 Å². The van der Waals surface area contributed by atoms with Crippen molar-refractivity contribution < 1.29 is 8.42 Å². The van der Waals surface area contributed by atoms with Crippen LogP contribution in [0.25, 0.3) is 0 Å². The molecular weight excluding hydrogens is 282 g/mol. The van der Waals surface area contributed by atoms with Crippen LogP contribution in [0, 0.1) is 0 Å². The van der Waals surface area contributed by atoms with Gasteiger partial charge in [0.25, 0.3) is 0 Å². The summed E-state index contributed by atoms with van der Waals surface area (Å²) < 4.78 is 25.1. The molecule has 1 unspecified atom stereocenters. The van der Waals surface area contributed by atoms with Crippen molar-refractivity contribution in [2.75, 3.05) is 12.3 Å². The number of nitrogens with one attached hydrogen (secondary N) is 1. The minimum absolute atomic E-state index is 0.0912. The lowest BCUT2D eigenvalue weighted by Crippen LogP contribution is -2.32. The summed E-state index contributed by atoms with van der Waals surface area (Å²) in [5.74, 6) is 0.219. The molecule has 0 bridgehead atoms. The zero-order valence-corrected chi connectivity index (χ0v) is 14.0. The second kappa shape index (κ2) is 7.41. The molecular formula is C17H27NO2S. The van der Waals surface area contributed by atoms with Crippen LogP contribution in [0.1, 0.15) is 56.7 Å². The fourth-order valence-electron chi connectivity index (χ4n) is 3.12. The van der Waals surface area contributed by atoms with Crippen molar-refractivity contribution in [3.63, 3.8) is 0 Å². The maximum Gasteiger partial charge on any atom is 0.155 e. The summed E-state index contributed by atoms with van der Waals surface area (Å²) >= 11 is 0. The van der Waals surface area contributed by atoms with Gasteiger partial charge < -0.3 is 5.32 Å². The van der Waals surface area contributed by atoms with Gasteiger partial charge in [0.15, 0.2) is 9.84 Å². The summed E-state index contributed by atoms with van der Waals surface area (Å²) in [5, 5.41) is 3.22. The monoisotopic (exact) mass is 309 g/mol. The Morgan fingerprint density at radius 3 is 2.29 bits per heavy atom. The van der Waals surface area contributed by atoms with E-state index in [4.69, 9.17) is 0 Å². The van der Waals surface area contributed by atoms with Gasteiger partial charge >= 0.3 is 0 Å². The molecule has 1 N–H and O–H groups in total. The molecule has 0 aliphatic heterocycles. The van der Waals surface area contributed by atoms with Crippen LogP contribution in [0.5, 0.6) is 0 Å². The van der Waals surface area contributed by atoms with Crippen molar-refractivity contribution in [2.24, 2.45) is 0 Å². The highest BCUT2D eigenvalue weighted by Gasteiger charge is 2.31. The van der Waals surface area contributed by atoms with Crippen LogP contribution in [-0.2, 0) is 16.3 Å². The minimum Gasteiger partial charge on any atom is -0.309 e. The molecule has 1 aliphatic rings. The topological polar surface area (TPSA) is 46.2 Å². The van der Waals surface area contributed by atoms with E-state index in [9.17, 15) is 8.42 Å². The highest BCUT2D eigenvalue weighted by Crippen LogP contribution is 2.28. The third-order valence-electron chi connectivity index (χ3n) is 4.45. The van der Waals surface area contributed by atoms with E-state index in [1.54, 1.807) is 0 Å². The molecule has 0 radical (unpaired) electrons. The van der Waals surface area contributed by atoms with Gasteiger partial charge in [0.2, 0.25) is 0 Å². The first-order chi connectivity index (χ1) is 10.1. The van der Waals surface area contributed by atoms with Crippen LogP contribution in [0.2, 0.25) is 0 Å². The predicted molar refractivity (Wildman–Crippen MR) is 88.3 cm³/mol. The fraction of sp³-hybridized carbons (Fsp3) is 0.647. The molecule has 0 heterocycles. The first-order valence-electron chi connectivity index (χ1n) is 8.10. The Balaban J connectivity index is 2.14. The predicted octanol–water partition coefficient (Wildman–Crippen LogP) is 3.26. The molecule has 1 aromatic carbocycles. The molecule has 2 rings (SSSR count). The van der Waals surface area contributed by atoms with Gasteiger partial charge in [-0.2, -0.15) is 0 Å². The van der Waals surface area contributed by atoms with Crippen LogP contribution in [0.3, 0.4) is 0 Å². The zero-order chi connectivity index (χ0) is 15.3. The van der Waals surface area contributed by atoms with Crippen LogP contribution >= 0.6 is 0 Å².